The van der Waals surface area contributed by atoms with Gasteiger partial charge >= 0.3 is 0 Å². The minimum Gasteiger partial charge on any atom is -0.464 e. The zero-order valence-corrected chi connectivity index (χ0v) is 10.5. The van der Waals surface area contributed by atoms with Crippen molar-refractivity contribution in [2.75, 3.05) is 0 Å². The number of para-hydroxylation sites is 1. The average molecular weight is 241 g/mol. The van der Waals surface area contributed by atoms with Crippen LogP contribution in [-0.4, -0.2) is 9.78 Å². The first-order chi connectivity index (χ1) is 8.72. The summed E-state index contributed by atoms with van der Waals surface area (Å²) in [6, 6.07) is 8.00. The van der Waals surface area contributed by atoms with E-state index in [4.69, 9.17) is 10.2 Å². The fourth-order valence-electron chi connectivity index (χ4n) is 2.34. The monoisotopic (exact) mass is 241 g/mol. The predicted molar refractivity (Wildman–Crippen MR) is 71.0 cm³/mol. The summed E-state index contributed by atoms with van der Waals surface area (Å²) in [5.74, 6) is 0. The first-order valence-corrected chi connectivity index (χ1v) is 5.91. The Hall–Kier alpha value is -2.07. The fourth-order valence-corrected chi connectivity index (χ4v) is 2.34. The van der Waals surface area contributed by atoms with Crippen molar-refractivity contribution in [1.82, 2.24) is 9.78 Å². The lowest BCUT2D eigenvalue weighted by molar-refractivity contribution is 0.617. The molecule has 0 amide bonds. The zero-order chi connectivity index (χ0) is 12.7. The van der Waals surface area contributed by atoms with Crippen LogP contribution in [0.1, 0.15) is 11.4 Å². The van der Waals surface area contributed by atoms with Crippen molar-refractivity contribution in [2.24, 2.45) is 12.8 Å². The molecule has 0 saturated carbocycles. The second-order valence-electron chi connectivity index (χ2n) is 4.38. The van der Waals surface area contributed by atoms with E-state index in [-0.39, 0.29) is 0 Å². The highest BCUT2D eigenvalue weighted by atomic mass is 16.3. The van der Waals surface area contributed by atoms with Gasteiger partial charge in [-0.15, -0.1) is 0 Å². The molecule has 0 bridgehead atoms. The lowest BCUT2D eigenvalue weighted by atomic mass is 10.0. The number of nitrogens with zero attached hydrogens (tertiary/aromatic N) is 2. The Balaban J connectivity index is 2.32. The lowest BCUT2D eigenvalue weighted by Gasteiger charge is -2.00. The van der Waals surface area contributed by atoms with Gasteiger partial charge in [-0.1, -0.05) is 18.2 Å². The Kier molecular flexibility index (Phi) is 2.45. The Bertz CT molecular complexity index is 709. The Labute approximate surface area is 105 Å². The van der Waals surface area contributed by atoms with E-state index in [9.17, 15) is 0 Å². The van der Waals surface area contributed by atoms with Crippen LogP contribution in [0.15, 0.2) is 34.9 Å². The third-order valence-corrected chi connectivity index (χ3v) is 3.35. The minimum atomic E-state index is 0.427. The van der Waals surface area contributed by atoms with Crippen LogP contribution < -0.4 is 5.73 Å². The van der Waals surface area contributed by atoms with E-state index in [1.54, 1.807) is 6.26 Å². The number of rotatable bonds is 2. The second kappa shape index (κ2) is 3.99. The minimum absolute atomic E-state index is 0.427. The van der Waals surface area contributed by atoms with Gasteiger partial charge in [0.05, 0.1) is 12.0 Å². The zero-order valence-electron chi connectivity index (χ0n) is 10.5. The highest BCUT2D eigenvalue weighted by molar-refractivity contribution is 5.95. The van der Waals surface area contributed by atoms with Crippen LogP contribution >= 0.6 is 0 Å². The molecule has 0 aliphatic rings. The molecule has 18 heavy (non-hydrogen) atoms. The van der Waals surface area contributed by atoms with Crippen molar-refractivity contribution in [3.63, 3.8) is 0 Å². The van der Waals surface area contributed by atoms with Gasteiger partial charge in [0.2, 0.25) is 0 Å². The number of hydrogen-bond acceptors (Lipinski definition) is 3. The molecule has 4 nitrogen and oxygen atoms in total. The smallest absolute Gasteiger partial charge is 0.134 e. The molecule has 0 saturated heterocycles. The van der Waals surface area contributed by atoms with E-state index in [1.165, 1.54) is 0 Å². The lowest BCUT2D eigenvalue weighted by Crippen LogP contribution is -1.99. The maximum Gasteiger partial charge on any atom is 0.134 e. The van der Waals surface area contributed by atoms with Crippen molar-refractivity contribution in [1.29, 1.82) is 0 Å². The molecule has 0 aliphatic heterocycles. The summed E-state index contributed by atoms with van der Waals surface area (Å²) >= 11 is 0. The van der Waals surface area contributed by atoms with Crippen molar-refractivity contribution in [3.8, 4) is 11.1 Å². The van der Waals surface area contributed by atoms with Crippen LogP contribution in [-0.2, 0) is 13.6 Å². The Morgan fingerprint density at radius 1 is 1.33 bits per heavy atom. The molecule has 2 N–H and O–H groups in total. The van der Waals surface area contributed by atoms with E-state index in [1.807, 2.05) is 36.9 Å². The summed E-state index contributed by atoms with van der Waals surface area (Å²) in [6.45, 7) is 2.47. The summed E-state index contributed by atoms with van der Waals surface area (Å²) < 4.78 is 7.45. The Morgan fingerprint density at radius 3 is 2.89 bits per heavy atom. The van der Waals surface area contributed by atoms with Gasteiger partial charge in [-0.2, -0.15) is 5.10 Å². The predicted octanol–water partition coefficient (Wildman–Crippen LogP) is 2.60. The van der Waals surface area contributed by atoms with Gasteiger partial charge in [0.15, 0.2) is 0 Å². The van der Waals surface area contributed by atoms with E-state index in [0.29, 0.717) is 6.54 Å². The van der Waals surface area contributed by atoms with Gasteiger partial charge in [0.1, 0.15) is 5.58 Å². The molecular formula is C14H15N3O. The standard InChI is InChI=1S/C14H15N3O/c1-9-14(12(7-15)16-17(9)2)11-8-18-13-6-4-3-5-10(11)13/h3-6,8H,7,15H2,1-2H3. The summed E-state index contributed by atoms with van der Waals surface area (Å²) in [6.07, 6.45) is 1.79. The quantitative estimate of drug-likeness (QED) is 0.750. The summed E-state index contributed by atoms with van der Waals surface area (Å²) in [7, 11) is 1.93. The van der Waals surface area contributed by atoms with Crippen LogP contribution in [0.25, 0.3) is 22.1 Å². The van der Waals surface area contributed by atoms with Gasteiger partial charge in [0.25, 0.3) is 0 Å². The first-order valence-electron chi connectivity index (χ1n) is 5.91. The molecule has 3 aromatic rings. The fraction of sp³-hybridized carbons (Fsp3) is 0.214. The molecule has 3 rings (SSSR count). The van der Waals surface area contributed by atoms with Crippen LogP contribution in [0.5, 0.6) is 0 Å². The first kappa shape index (κ1) is 11.0. The number of nitrogens with two attached hydrogens (primary N) is 1. The molecule has 0 fully saturated rings. The highest BCUT2D eigenvalue weighted by Crippen LogP contribution is 2.34. The molecule has 0 aliphatic carbocycles. The van der Waals surface area contributed by atoms with Crippen molar-refractivity contribution in [2.45, 2.75) is 13.5 Å². The summed E-state index contributed by atoms with van der Waals surface area (Å²) in [5.41, 5.74) is 10.8. The van der Waals surface area contributed by atoms with Crippen LogP contribution in [0.4, 0.5) is 0 Å². The van der Waals surface area contributed by atoms with E-state index in [2.05, 4.69) is 11.2 Å². The summed E-state index contributed by atoms with van der Waals surface area (Å²) in [4.78, 5) is 0. The number of benzene rings is 1. The number of furan rings is 1. The van der Waals surface area contributed by atoms with Gasteiger partial charge in [-0.25, -0.2) is 0 Å². The maximum atomic E-state index is 5.78. The SMILES string of the molecule is Cc1c(-c2coc3ccccc23)c(CN)nn1C. The van der Waals surface area contributed by atoms with Crippen LogP contribution in [0.2, 0.25) is 0 Å². The number of hydrogen-bond donors (Lipinski definition) is 1. The largest absolute Gasteiger partial charge is 0.464 e. The van der Waals surface area contributed by atoms with Gasteiger partial charge < -0.3 is 10.2 Å². The van der Waals surface area contributed by atoms with Crippen molar-refractivity contribution < 1.29 is 4.42 Å². The van der Waals surface area contributed by atoms with E-state index < -0.39 is 0 Å². The topological polar surface area (TPSA) is 57.0 Å². The van der Waals surface area contributed by atoms with Gasteiger partial charge in [-0.05, 0) is 13.0 Å². The molecule has 0 radical (unpaired) electrons. The molecule has 2 heterocycles. The molecule has 0 atom stereocenters. The van der Waals surface area contributed by atoms with Crippen LogP contribution in [0.3, 0.4) is 0 Å². The molecular weight excluding hydrogens is 226 g/mol. The normalized spacial score (nSPS) is 11.3. The third-order valence-electron chi connectivity index (χ3n) is 3.35. The summed E-state index contributed by atoms with van der Waals surface area (Å²) in [5, 5.41) is 5.54. The number of aromatic nitrogens is 2. The molecule has 92 valence electrons. The molecule has 2 aromatic heterocycles. The second-order valence-corrected chi connectivity index (χ2v) is 4.38. The van der Waals surface area contributed by atoms with Gasteiger partial charge in [0, 0.05) is 35.8 Å². The molecule has 1 aromatic carbocycles. The van der Waals surface area contributed by atoms with Gasteiger partial charge in [-0.3, -0.25) is 4.68 Å². The Morgan fingerprint density at radius 2 is 2.11 bits per heavy atom. The highest BCUT2D eigenvalue weighted by Gasteiger charge is 2.17. The van der Waals surface area contributed by atoms with Crippen molar-refractivity contribution in [3.05, 3.63) is 41.9 Å². The molecule has 0 unspecified atom stereocenters. The average Bonchev–Trinajstić information content (AvgIpc) is 2.92. The van der Waals surface area contributed by atoms with E-state index >= 15 is 0 Å². The maximum absolute atomic E-state index is 5.78. The molecule has 0 spiro atoms. The van der Waals surface area contributed by atoms with E-state index in [0.717, 1.165) is 33.5 Å². The number of fused-ring (bicyclic) bond motifs is 1. The third kappa shape index (κ3) is 1.46. The van der Waals surface area contributed by atoms with Crippen molar-refractivity contribution >= 4 is 11.0 Å². The number of aryl methyl sites for hydroxylation is 1. The molecule has 4 heteroatoms. The van der Waals surface area contributed by atoms with Crippen LogP contribution in [0, 0.1) is 6.92 Å².